The Kier molecular flexibility index (Phi) is 4.24. The molecule has 0 N–H and O–H groups in total. The highest BCUT2D eigenvalue weighted by Crippen LogP contribution is 2.24. The van der Waals surface area contributed by atoms with Gasteiger partial charge in [0.2, 0.25) is 0 Å². The lowest BCUT2D eigenvalue weighted by Crippen LogP contribution is -1.89. The molecule has 0 saturated heterocycles. The molecule has 19 heavy (non-hydrogen) atoms. The van der Waals surface area contributed by atoms with E-state index in [2.05, 4.69) is 0 Å². The molecule has 0 atom stereocenters. The van der Waals surface area contributed by atoms with E-state index in [1.165, 1.54) is 24.3 Å². The van der Waals surface area contributed by atoms with Gasteiger partial charge in [-0.05, 0) is 47.9 Å². The maximum absolute atomic E-state index is 13.0. The Morgan fingerprint density at radius 1 is 0.789 bits per heavy atom. The number of allylic oxidation sites excluding steroid dienone is 3. The van der Waals surface area contributed by atoms with Gasteiger partial charge in [-0.25, -0.2) is 8.78 Å². The molecule has 2 heteroatoms. The fourth-order valence-electron chi connectivity index (χ4n) is 1.81. The molecule has 0 aliphatic heterocycles. The summed E-state index contributed by atoms with van der Waals surface area (Å²) < 4.78 is 25.9. The van der Waals surface area contributed by atoms with Crippen molar-refractivity contribution in [1.82, 2.24) is 0 Å². The molecule has 0 unspecified atom stereocenters. The van der Waals surface area contributed by atoms with E-state index in [-0.39, 0.29) is 11.6 Å². The van der Waals surface area contributed by atoms with Crippen molar-refractivity contribution in [3.05, 3.63) is 89.5 Å². The first-order valence-corrected chi connectivity index (χ1v) is 6.05. The van der Waals surface area contributed by atoms with Crippen LogP contribution in [0.2, 0.25) is 0 Å². The summed E-state index contributed by atoms with van der Waals surface area (Å²) in [6, 6.07) is 12.5. The van der Waals surface area contributed by atoms with Crippen LogP contribution in [-0.4, -0.2) is 0 Å². The van der Waals surface area contributed by atoms with Crippen LogP contribution in [0.3, 0.4) is 0 Å². The normalized spacial score (nSPS) is 10.7. The minimum atomic E-state index is -0.270. The van der Waals surface area contributed by atoms with Crippen LogP contribution >= 0.6 is 0 Å². The Bertz CT molecular complexity index is 543. The van der Waals surface area contributed by atoms with Crippen molar-refractivity contribution in [2.24, 2.45) is 0 Å². The van der Waals surface area contributed by atoms with E-state index in [1.807, 2.05) is 25.2 Å². The fraction of sp³-hybridized carbons (Fsp3) is 0.0588. The maximum atomic E-state index is 13.0. The van der Waals surface area contributed by atoms with Crippen molar-refractivity contribution < 1.29 is 8.78 Å². The molecule has 2 aromatic rings. The lowest BCUT2D eigenvalue weighted by molar-refractivity contribution is 0.627. The van der Waals surface area contributed by atoms with E-state index in [1.54, 1.807) is 24.3 Å². The SMILES string of the molecule is C/C=C/C=C(c1ccc(F)cc1)c1ccc(F)cc1. The highest BCUT2D eigenvalue weighted by molar-refractivity contribution is 5.80. The van der Waals surface area contributed by atoms with E-state index < -0.39 is 0 Å². The number of halogens is 2. The summed E-state index contributed by atoms with van der Waals surface area (Å²) in [6.45, 7) is 1.92. The highest BCUT2D eigenvalue weighted by Gasteiger charge is 2.04. The van der Waals surface area contributed by atoms with Gasteiger partial charge in [0.25, 0.3) is 0 Å². The van der Waals surface area contributed by atoms with Crippen LogP contribution in [0.25, 0.3) is 5.57 Å². The smallest absolute Gasteiger partial charge is 0.123 e. The number of hydrogen-bond donors (Lipinski definition) is 0. The Morgan fingerprint density at radius 3 is 1.58 bits per heavy atom. The summed E-state index contributed by atoms with van der Waals surface area (Å²) in [7, 11) is 0. The second-order valence-corrected chi connectivity index (χ2v) is 4.12. The molecule has 2 aromatic carbocycles. The molecule has 0 heterocycles. The van der Waals surface area contributed by atoms with Gasteiger partial charge < -0.3 is 0 Å². The van der Waals surface area contributed by atoms with E-state index in [0.29, 0.717) is 0 Å². The molecule has 0 amide bonds. The molecule has 0 nitrogen and oxygen atoms in total. The van der Waals surface area contributed by atoms with Crippen molar-refractivity contribution >= 4 is 5.57 Å². The molecule has 0 radical (unpaired) electrons. The topological polar surface area (TPSA) is 0 Å². The van der Waals surface area contributed by atoms with Gasteiger partial charge in [0, 0.05) is 0 Å². The molecule has 0 saturated carbocycles. The van der Waals surface area contributed by atoms with Crippen molar-refractivity contribution in [2.45, 2.75) is 6.92 Å². The van der Waals surface area contributed by atoms with E-state index >= 15 is 0 Å². The third-order valence-electron chi connectivity index (χ3n) is 2.77. The van der Waals surface area contributed by atoms with Gasteiger partial charge in [0.15, 0.2) is 0 Å². The van der Waals surface area contributed by atoms with E-state index in [0.717, 1.165) is 16.7 Å². The summed E-state index contributed by atoms with van der Waals surface area (Å²) in [5, 5.41) is 0. The average molecular weight is 256 g/mol. The summed E-state index contributed by atoms with van der Waals surface area (Å²) in [5.41, 5.74) is 2.72. The fourth-order valence-corrected chi connectivity index (χ4v) is 1.81. The summed E-state index contributed by atoms with van der Waals surface area (Å²) in [4.78, 5) is 0. The number of hydrogen-bond acceptors (Lipinski definition) is 0. The molecule has 96 valence electrons. The molecular weight excluding hydrogens is 242 g/mol. The first-order chi connectivity index (χ1) is 9.20. The van der Waals surface area contributed by atoms with Gasteiger partial charge in [0.1, 0.15) is 11.6 Å². The first-order valence-electron chi connectivity index (χ1n) is 6.05. The van der Waals surface area contributed by atoms with E-state index in [4.69, 9.17) is 0 Å². The second kappa shape index (κ2) is 6.10. The van der Waals surface area contributed by atoms with Crippen LogP contribution < -0.4 is 0 Å². The van der Waals surface area contributed by atoms with Crippen molar-refractivity contribution in [2.75, 3.05) is 0 Å². The second-order valence-electron chi connectivity index (χ2n) is 4.12. The van der Waals surface area contributed by atoms with Gasteiger partial charge in [0.05, 0.1) is 0 Å². The van der Waals surface area contributed by atoms with Crippen molar-refractivity contribution in [3.8, 4) is 0 Å². The van der Waals surface area contributed by atoms with Gasteiger partial charge in [-0.1, -0.05) is 42.5 Å². The average Bonchev–Trinajstić information content (AvgIpc) is 2.43. The summed E-state index contributed by atoms with van der Waals surface area (Å²) in [6.07, 6.45) is 5.75. The molecule has 0 aliphatic carbocycles. The third kappa shape index (κ3) is 3.38. The quantitative estimate of drug-likeness (QED) is 0.680. The van der Waals surface area contributed by atoms with Crippen molar-refractivity contribution in [3.63, 3.8) is 0 Å². The monoisotopic (exact) mass is 256 g/mol. The van der Waals surface area contributed by atoms with Crippen LogP contribution in [0.15, 0.2) is 66.8 Å². The zero-order valence-electron chi connectivity index (χ0n) is 10.6. The lowest BCUT2D eigenvalue weighted by Gasteiger charge is -2.08. The van der Waals surface area contributed by atoms with Crippen LogP contribution in [0.4, 0.5) is 8.78 Å². The summed E-state index contributed by atoms with van der Waals surface area (Å²) in [5.74, 6) is -0.540. The standard InChI is InChI=1S/C17H14F2/c1-2-3-4-17(13-5-9-15(18)10-6-13)14-7-11-16(19)12-8-14/h2-12H,1H3/b3-2+. The largest absolute Gasteiger partial charge is 0.207 e. The van der Waals surface area contributed by atoms with Gasteiger partial charge in [-0.2, -0.15) is 0 Å². The van der Waals surface area contributed by atoms with E-state index in [9.17, 15) is 8.78 Å². The molecule has 0 bridgehead atoms. The molecule has 0 aromatic heterocycles. The van der Waals surface area contributed by atoms with Crippen molar-refractivity contribution in [1.29, 1.82) is 0 Å². The highest BCUT2D eigenvalue weighted by atomic mass is 19.1. The Labute approximate surface area is 111 Å². The van der Waals surface area contributed by atoms with Gasteiger partial charge in [-0.3, -0.25) is 0 Å². The number of rotatable bonds is 3. The molecule has 0 spiro atoms. The molecule has 0 fully saturated rings. The van der Waals surface area contributed by atoms with Gasteiger partial charge >= 0.3 is 0 Å². The summed E-state index contributed by atoms with van der Waals surface area (Å²) >= 11 is 0. The van der Waals surface area contributed by atoms with Crippen LogP contribution in [0.1, 0.15) is 18.1 Å². The Morgan fingerprint density at radius 2 is 1.21 bits per heavy atom. The minimum Gasteiger partial charge on any atom is -0.207 e. The third-order valence-corrected chi connectivity index (χ3v) is 2.77. The predicted molar refractivity (Wildman–Crippen MR) is 74.7 cm³/mol. The Balaban J connectivity index is 2.47. The van der Waals surface area contributed by atoms with Gasteiger partial charge in [-0.15, -0.1) is 0 Å². The van der Waals surface area contributed by atoms with Crippen LogP contribution in [0, 0.1) is 11.6 Å². The number of benzene rings is 2. The first kappa shape index (κ1) is 13.2. The van der Waals surface area contributed by atoms with Crippen LogP contribution in [0.5, 0.6) is 0 Å². The Hall–Kier alpha value is -2.22. The molecule has 2 rings (SSSR count). The lowest BCUT2D eigenvalue weighted by atomic mass is 9.97. The maximum Gasteiger partial charge on any atom is 0.123 e. The zero-order valence-corrected chi connectivity index (χ0v) is 10.6. The minimum absolute atomic E-state index is 0.270. The van der Waals surface area contributed by atoms with Crippen LogP contribution in [-0.2, 0) is 0 Å². The molecule has 0 aliphatic rings. The zero-order chi connectivity index (χ0) is 13.7. The molecular formula is C17H14F2. The predicted octanol–water partition coefficient (Wildman–Crippen LogP) is 4.97.